The van der Waals surface area contributed by atoms with E-state index < -0.39 is 10.8 Å². The molecule has 17 heavy (non-hydrogen) atoms. The van der Waals surface area contributed by atoms with Crippen molar-refractivity contribution in [1.29, 1.82) is 0 Å². The van der Waals surface area contributed by atoms with Crippen molar-refractivity contribution in [3.05, 3.63) is 28.2 Å². The molecule has 1 aromatic rings. The number of hydrogen-bond donors (Lipinski definition) is 2. The molecule has 0 bridgehead atoms. The minimum absolute atomic E-state index is 0.203. The highest BCUT2D eigenvalue weighted by molar-refractivity contribution is 9.10. The van der Waals surface area contributed by atoms with Crippen LogP contribution in [-0.4, -0.2) is 28.7 Å². The lowest BCUT2D eigenvalue weighted by Crippen LogP contribution is -2.26. The van der Waals surface area contributed by atoms with E-state index in [0.29, 0.717) is 30.0 Å². The molecule has 0 saturated heterocycles. The number of hydrogen-bond acceptors (Lipinski definition) is 3. The van der Waals surface area contributed by atoms with Crippen LogP contribution in [0.3, 0.4) is 0 Å². The van der Waals surface area contributed by atoms with Crippen molar-refractivity contribution >= 4 is 38.3 Å². The van der Waals surface area contributed by atoms with E-state index in [-0.39, 0.29) is 5.91 Å². The maximum atomic E-state index is 11.8. The van der Waals surface area contributed by atoms with Crippen molar-refractivity contribution in [3.63, 3.8) is 0 Å². The molecule has 0 aromatic heterocycles. The predicted molar refractivity (Wildman–Crippen MR) is 74.4 cm³/mol. The minimum Gasteiger partial charge on any atom is -0.398 e. The summed E-state index contributed by atoms with van der Waals surface area (Å²) in [5, 5.41) is 2.75. The predicted octanol–water partition coefficient (Wildman–Crippen LogP) is 1.53. The summed E-state index contributed by atoms with van der Waals surface area (Å²) in [6.07, 6.45) is 2.34. The molecule has 0 radical (unpaired) electrons. The first-order chi connectivity index (χ1) is 8.00. The Bertz CT molecular complexity index is 437. The van der Waals surface area contributed by atoms with Gasteiger partial charge in [-0.2, -0.15) is 0 Å². The number of carbonyl (C=O) groups excluding carboxylic acids is 1. The Balaban J connectivity index is 2.52. The zero-order chi connectivity index (χ0) is 12.8. The first kappa shape index (κ1) is 14.2. The van der Waals surface area contributed by atoms with Gasteiger partial charge in [-0.1, -0.05) is 15.9 Å². The number of amides is 1. The van der Waals surface area contributed by atoms with E-state index in [4.69, 9.17) is 5.73 Å². The third-order valence-corrected chi connectivity index (χ3v) is 3.51. The Morgan fingerprint density at radius 1 is 1.53 bits per heavy atom. The van der Waals surface area contributed by atoms with Gasteiger partial charge in [0.2, 0.25) is 0 Å². The number of anilines is 1. The highest BCUT2D eigenvalue weighted by atomic mass is 79.9. The lowest BCUT2D eigenvalue weighted by molar-refractivity contribution is 0.0954. The van der Waals surface area contributed by atoms with Crippen LogP contribution in [0, 0.1) is 0 Å². The molecule has 1 rings (SSSR count). The molecule has 0 spiro atoms. The van der Waals surface area contributed by atoms with Gasteiger partial charge in [0.1, 0.15) is 0 Å². The third kappa shape index (κ3) is 4.87. The number of benzene rings is 1. The van der Waals surface area contributed by atoms with Gasteiger partial charge in [0.05, 0.1) is 5.56 Å². The summed E-state index contributed by atoms with van der Waals surface area (Å²) in [5.41, 5.74) is 6.62. The summed E-state index contributed by atoms with van der Waals surface area (Å²) < 4.78 is 11.6. The Morgan fingerprint density at radius 2 is 2.24 bits per heavy atom. The molecule has 6 heteroatoms. The fraction of sp³-hybridized carbons (Fsp3) is 0.364. The van der Waals surface area contributed by atoms with E-state index in [0.717, 1.165) is 4.47 Å². The second kappa shape index (κ2) is 6.76. The summed E-state index contributed by atoms with van der Waals surface area (Å²) >= 11 is 3.29. The van der Waals surface area contributed by atoms with E-state index in [1.54, 1.807) is 24.5 Å². The minimum atomic E-state index is -0.816. The number of carbonyl (C=O) groups is 1. The van der Waals surface area contributed by atoms with Gasteiger partial charge in [-0.25, -0.2) is 0 Å². The molecular formula is C11H15BrN2O2S. The van der Waals surface area contributed by atoms with Crippen LogP contribution in [0.1, 0.15) is 16.8 Å². The Hall–Kier alpha value is -0.880. The van der Waals surface area contributed by atoms with Gasteiger partial charge in [0, 0.05) is 39.5 Å². The van der Waals surface area contributed by atoms with E-state index >= 15 is 0 Å². The number of nitrogens with two attached hydrogens (primary N) is 1. The maximum Gasteiger partial charge on any atom is 0.253 e. The van der Waals surface area contributed by atoms with Crippen LogP contribution < -0.4 is 11.1 Å². The Labute approximate surface area is 112 Å². The van der Waals surface area contributed by atoms with Gasteiger partial charge in [0.15, 0.2) is 0 Å². The molecule has 94 valence electrons. The third-order valence-electron chi connectivity index (χ3n) is 2.15. The topological polar surface area (TPSA) is 72.2 Å². The Morgan fingerprint density at radius 3 is 2.88 bits per heavy atom. The van der Waals surface area contributed by atoms with Crippen molar-refractivity contribution in [2.75, 3.05) is 24.3 Å². The molecule has 0 saturated carbocycles. The molecule has 1 atom stereocenters. The first-order valence-electron chi connectivity index (χ1n) is 5.14. The average Bonchev–Trinajstić information content (AvgIpc) is 2.27. The lowest BCUT2D eigenvalue weighted by Gasteiger charge is -2.07. The van der Waals surface area contributed by atoms with Crippen LogP contribution in [0.2, 0.25) is 0 Å². The molecule has 3 N–H and O–H groups in total. The number of halogens is 1. The van der Waals surface area contributed by atoms with Crippen LogP contribution in [-0.2, 0) is 10.8 Å². The van der Waals surface area contributed by atoms with Gasteiger partial charge in [-0.3, -0.25) is 9.00 Å². The standard InChI is InChI=1S/C11H15BrN2O2S/c1-17(16)6-2-5-14-11(15)9-7-8(12)3-4-10(9)13/h3-4,7H,2,5-6,13H2,1H3,(H,14,15). The molecule has 0 aliphatic heterocycles. The quantitative estimate of drug-likeness (QED) is 0.639. The molecule has 1 amide bonds. The molecule has 1 aromatic carbocycles. The second-order valence-electron chi connectivity index (χ2n) is 3.62. The molecule has 0 heterocycles. The summed E-state index contributed by atoms with van der Waals surface area (Å²) in [4.78, 5) is 11.8. The normalized spacial score (nSPS) is 12.1. The molecule has 0 aliphatic carbocycles. The fourth-order valence-electron chi connectivity index (χ4n) is 1.30. The van der Waals surface area contributed by atoms with Crippen LogP contribution >= 0.6 is 15.9 Å². The summed E-state index contributed by atoms with van der Waals surface area (Å²) in [6.45, 7) is 0.504. The lowest BCUT2D eigenvalue weighted by atomic mass is 10.1. The van der Waals surface area contributed by atoms with Crippen molar-refractivity contribution < 1.29 is 9.00 Å². The van der Waals surface area contributed by atoms with Crippen LogP contribution in [0.4, 0.5) is 5.69 Å². The first-order valence-corrected chi connectivity index (χ1v) is 7.66. The Kier molecular flexibility index (Phi) is 5.64. The number of rotatable bonds is 5. The molecule has 1 unspecified atom stereocenters. The van der Waals surface area contributed by atoms with Gasteiger partial charge < -0.3 is 11.1 Å². The average molecular weight is 319 g/mol. The van der Waals surface area contributed by atoms with Crippen molar-refractivity contribution in [1.82, 2.24) is 5.32 Å². The van der Waals surface area contributed by atoms with Gasteiger partial charge in [-0.05, 0) is 24.6 Å². The van der Waals surface area contributed by atoms with E-state index in [1.807, 2.05) is 0 Å². The molecule has 0 fully saturated rings. The largest absolute Gasteiger partial charge is 0.398 e. The fourth-order valence-corrected chi connectivity index (χ4v) is 2.21. The number of nitrogens with one attached hydrogen (secondary N) is 1. The van der Waals surface area contributed by atoms with Crippen molar-refractivity contribution in [3.8, 4) is 0 Å². The molecular weight excluding hydrogens is 304 g/mol. The zero-order valence-corrected chi connectivity index (χ0v) is 11.9. The highest BCUT2D eigenvalue weighted by Crippen LogP contribution is 2.18. The summed E-state index contributed by atoms with van der Waals surface area (Å²) in [6, 6.07) is 5.15. The highest BCUT2D eigenvalue weighted by Gasteiger charge is 2.09. The second-order valence-corrected chi connectivity index (χ2v) is 6.09. The van der Waals surface area contributed by atoms with Gasteiger partial charge in [-0.15, -0.1) is 0 Å². The van der Waals surface area contributed by atoms with Gasteiger partial charge >= 0.3 is 0 Å². The molecule has 4 nitrogen and oxygen atoms in total. The van der Waals surface area contributed by atoms with E-state index in [1.165, 1.54) is 0 Å². The van der Waals surface area contributed by atoms with E-state index in [9.17, 15) is 9.00 Å². The summed E-state index contributed by atoms with van der Waals surface area (Å²) in [5.74, 6) is 0.388. The SMILES string of the molecule is CS(=O)CCCNC(=O)c1cc(Br)ccc1N. The zero-order valence-electron chi connectivity index (χ0n) is 9.53. The van der Waals surface area contributed by atoms with Crippen molar-refractivity contribution in [2.45, 2.75) is 6.42 Å². The molecule has 0 aliphatic rings. The van der Waals surface area contributed by atoms with Crippen LogP contribution in [0.15, 0.2) is 22.7 Å². The van der Waals surface area contributed by atoms with Crippen molar-refractivity contribution in [2.24, 2.45) is 0 Å². The van der Waals surface area contributed by atoms with Gasteiger partial charge in [0.25, 0.3) is 5.91 Å². The monoisotopic (exact) mass is 318 g/mol. The van der Waals surface area contributed by atoms with Crippen LogP contribution in [0.25, 0.3) is 0 Å². The maximum absolute atomic E-state index is 11.8. The van der Waals surface area contributed by atoms with E-state index in [2.05, 4.69) is 21.2 Å². The number of nitrogen functional groups attached to an aromatic ring is 1. The van der Waals surface area contributed by atoms with Crippen LogP contribution in [0.5, 0.6) is 0 Å². The summed E-state index contributed by atoms with van der Waals surface area (Å²) in [7, 11) is -0.816. The smallest absolute Gasteiger partial charge is 0.253 e.